The maximum atomic E-state index is 12.4. The highest BCUT2D eigenvalue weighted by Crippen LogP contribution is 2.29. The van der Waals surface area contributed by atoms with Crippen LogP contribution in [0.2, 0.25) is 0 Å². The lowest BCUT2D eigenvalue weighted by molar-refractivity contribution is 0.114. The SMILES string of the molecule is CC(C)N1CCN(CC(O)Cn2c3ccccc3c3ccccc32)C1=O. The highest BCUT2D eigenvalue weighted by molar-refractivity contribution is 6.07. The molecule has 1 aliphatic rings. The molecule has 0 spiro atoms. The molecule has 5 nitrogen and oxygen atoms in total. The molecule has 0 bridgehead atoms. The molecule has 1 aliphatic heterocycles. The Morgan fingerprint density at radius 3 is 2.04 bits per heavy atom. The number of para-hydroxylation sites is 2. The molecule has 1 fully saturated rings. The summed E-state index contributed by atoms with van der Waals surface area (Å²) in [7, 11) is 0. The Balaban J connectivity index is 1.58. The standard InChI is InChI=1S/C21H25N3O2/c1-15(2)23-12-11-22(21(23)26)13-16(25)14-24-19-9-5-3-7-17(19)18-8-4-6-10-20(18)24/h3-10,15-16,25H,11-14H2,1-2H3. The molecule has 2 aromatic carbocycles. The Hall–Kier alpha value is -2.53. The topological polar surface area (TPSA) is 48.7 Å². The molecular weight excluding hydrogens is 326 g/mol. The lowest BCUT2D eigenvalue weighted by atomic mass is 10.2. The Labute approximate surface area is 153 Å². The van der Waals surface area contributed by atoms with E-state index < -0.39 is 6.10 Å². The molecule has 1 atom stereocenters. The van der Waals surface area contributed by atoms with E-state index in [9.17, 15) is 9.90 Å². The Morgan fingerprint density at radius 2 is 1.50 bits per heavy atom. The van der Waals surface area contributed by atoms with Crippen LogP contribution in [0.5, 0.6) is 0 Å². The number of carbonyl (C=O) groups excluding carboxylic acids is 1. The third-order valence-electron chi connectivity index (χ3n) is 5.25. The number of nitrogens with zero attached hydrogens (tertiary/aromatic N) is 3. The molecule has 0 radical (unpaired) electrons. The second-order valence-electron chi connectivity index (χ2n) is 7.31. The van der Waals surface area contributed by atoms with Gasteiger partial charge in [0.2, 0.25) is 0 Å². The monoisotopic (exact) mass is 351 g/mol. The average molecular weight is 351 g/mol. The number of urea groups is 1. The molecule has 136 valence electrons. The van der Waals surface area contributed by atoms with Crippen molar-refractivity contribution in [3.8, 4) is 0 Å². The zero-order valence-electron chi connectivity index (χ0n) is 15.3. The van der Waals surface area contributed by atoms with Crippen molar-refractivity contribution in [2.24, 2.45) is 0 Å². The van der Waals surface area contributed by atoms with Gasteiger partial charge in [0.05, 0.1) is 19.2 Å². The smallest absolute Gasteiger partial charge is 0.320 e. The zero-order valence-corrected chi connectivity index (χ0v) is 15.3. The van der Waals surface area contributed by atoms with Gasteiger partial charge in [-0.1, -0.05) is 36.4 Å². The molecule has 3 aromatic rings. The van der Waals surface area contributed by atoms with Crippen LogP contribution in [0, 0.1) is 0 Å². The third kappa shape index (κ3) is 2.82. The summed E-state index contributed by atoms with van der Waals surface area (Å²) >= 11 is 0. The van der Waals surface area contributed by atoms with Gasteiger partial charge in [-0.2, -0.15) is 0 Å². The summed E-state index contributed by atoms with van der Waals surface area (Å²) in [4.78, 5) is 16.1. The fourth-order valence-corrected chi connectivity index (χ4v) is 3.97. The molecule has 1 N–H and O–H groups in total. The summed E-state index contributed by atoms with van der Waals surface area (Å²) in [5.74, 6) is 0. The number of aliphatic hydroxyl groups excluding tert-OH is 1. The van der Waals surface area contributed by atoms with E-state index in [4.69, 9.17) is 0 Å². The van der Waals surface area contributed by atoms with Gasteiger partial charge in [-0.25, -0.2) is 4.79 Å². The number of fused-ring (bicyclic) bond motifs is 3. The van der Waals surface area contributed by atoms with E-state index in [1.165, 1.54) is 10.8 Å². The predicted octanol–water partition coefficient (Wildman–Crippen LogP) is 3.30. The van der Waals surface area contributed by atoms with Crippen molar-refractivity contribution in [2.75, 3.05) is 19.6 Å². The zero-order chi connectivity index (χ0) is 18.3. The van der Waals surface area contributed by atoms with Gasteiger partial charge in [-0.3, -0.25) is 0 Å². The molecule has 0 aliphatic carbocycles. The summed E-state index contributed by atoms with van der Waals surface area (Å²) in [5.41, 5.74) is 2.23. The number of hydrogen-bond acceptors (Lipinski definition) is 2. The molecule has 1 aromatic heterocycles. The second-order valence-corrected chi connectivity index (χ2v) is 7.31. The Kier molecular flexibility index (Phi) is 4.32. The van der Waals surface area contributed by atoms with Crippen LogP contribution in [0.15, 0.2) is 48.5 Å². The van der Waals surface area contributed by atoms with Crippen LogP contribution in [0.3, 0.4) is 0 Å². The summed E-state index contributed by atoms with van der Waals surface area (Å²) in [6, 6.07) is 16.8. The van der Waals surface area contributed by atoms with Crippen LogP contribution < -0.4 is 0 Å². The number of amides is 2. The minimum absolute atomic E-state index is 0.0290. The first kappa shape index (κ1) is 16.9. The quantitative estimate of drug-likeness (QED) is 0.767. The maximum absolute atomic E-state index is 12.4. The minimum atomic E-state index is -0.606. The van der Waals surface area contributed by atoms with Gasteiger partial charge in [0.15, 0.2) is 0 Å². The van der Waals surface area contributed by atoms with Gasteiger partial charge in [-0.15, -0.1) is 0 Å². The number of aromatic nitrogens is 1. The van der Waals surface area contributed by atoms with Crippen LogP contribution in [-0.4, -0.2) is 57.3 Å². The van der Waals surface area contributed by atoms with Gasteiger partial charge in [-0.05, 0) is 26.0 Å². The van der Waals surface area contributed by atoms with Crippen LogP contribution in [-0.2, 0) is 6.54 Å². The van der Waals surface area contributed by atoms with Crippen molar-refractivity contribution in [1.82, 2.24) is 14.4 Å². The number of carbonyl (C=O) groups is 1. The van der Waals surface area contributed by atoms with Crippen LogP contribution in [0.4, 0.5) is 4.79 Å². The van der Waals surface area contributed by atoms with Crippen molar-refractivity contribution >= 4 is 27.8 Å². The number of rotatable bonds is 5. The van der Waals surface area contributed by atoms with Gasteiger partial charge in [0.25, 0.3) is 0 Å². The number of benzene rings is 2. The summed E-state index contributed by atoms with van der Waals surface area (Å²) in [6.07, 6.45) is -0.606. The second kappa shape index (κ2) is 6.65. The van der Waals surface area contributed by atoms with E-state index in [0.717, 1.165) is 17.6 Å². The lowest BCUT2D eigenvalue weighted by Crippen LogP contribution is -2.40. The van der Waals surface area contributed by atoms with Crippen molar-refractivity contribution < 1.29 is 9.90 Å². The molecule has 1 unspecified atom stereocenters. The maximum Gasteiger partial charge on any atom is 0.320 e. The molecule has 1 saturated heterocycles. The minimum Gasteiger partial charge on any atom is -0.389 e. The summed E-state index contributed by atoms with van der Waals surface area (Å²) in [6.45, 7) is 6.30. The van der Waals surface area contributed by atoms with Crippen molar-refractivity contribution in [1.29, 1.82) is 0 Å². The number of aliphatic hydroxyl groups is 1. The molecule has 2 amide bonds. The predicted molar refractivity (Wildman–Crippen MR) is 104 cm³/mol. The molecular formula is C21H25N3O2. The summed E-state index contributed by atoms with van der Waals surface area (Å²) in [5, 5.41) is 13.1. The fourth-order valence-electron chi connectivity index (χ4n) is 3.97. The normalized spacial score (nSPS) is 16.4. The van der Waals surface area contributed by atoms with Crippen molar-refractivity contribution in [2.45, 2.75) is 32.5 Å². The highest BCUT2D eigenvalue weighted by atomic mass is 16.3. The Morgan fingerprint density at radius 1 is 0.923 bits per heavy atom. The number of hydrogen-bond donors (Lipinski definition) is 1. The number of β-amino-alcohol motifs (C(OH)–C–C–N with tert-alkyl or cyclic N) is 1. The lowest BCUT2D eigenvalue weighted by Gasteiger charge is -2.24. The van der Waals surface area contributed by atoms with Gasteiger partial charge < -0.3 is 19.5 Å². The summed E-state index contributed by atoms with van der Waals surface area (Å²) < 4.78 is 2.16. The Bertz CT molecular complexity index is 893. The van der Waals surface area contributed by atoms with E-state index in [0.29, 0.717) is 19.6 Å². The van der Waals surface area contributed by atoms with Gasteiger partial charge in [0.1, 0.15) is 0 Å². The average Bonchev–Trinajstić information content (AvgIpc) is 3.15. The van der Waals surface area contributed by atoms with E-state index in [1.807, 2.05) is 43.0 Å². The van der Waals surface area contributed by atoms with E-state index in [1.54, 1.807) is 4.90 Å². The van der Waals surface area contributed by atoms with E-state index >= 15 is 0 Å². The largest absolute Gasteiger partial charge is 0.389 e. The van der Waals surface area contributed by atoms with Crippen LogP contribution >= 0.6 is 0 Å². The van der Waals surface area contributed by atoms with E-state index in [2.05, 4.69) is 28.8 Å². The molecule has 4 rings (SSSR count). The van der Waals surface area contributed by atoms with Gasteiger partial charge in [0, 0.05) is 40.9 Å². The van der Waals surface area contributed by atoms with Gasteiger partial charge >= 0.3 is 6.03 Å². The molecule has 2 heterocycles. The molecule has 5 heteroatoms. The molecule has 0 saturated carbocycles. The third-order valence-corrected chi connectivity index (χ3v) is 5.25. The highest BCUT2D eigenvalue weighted by Gasteiger charge is 2.31. The van der Waals surface area contributed by atoms with E-state index in [-0.39, 0.29) is 12.1 Å². The van der Waals surface area contributed by atoms with Crippen LogP contribution in [0.1, 0.15) is 13.8 Å². The first-order valence-corrected chi connectivity index (χ1v) is 9.26. The fraction of sp³-hybridized carbons (Fsp3) is 0.381. The first-order chi connectivity index (χ1) is 12.6. The van der Waals surface area contributed by atoms with Crippen LogP contribution in [0.25, 0.3) is 21.8 Å². The molecule has 26 heavy (non-hydrogen) atoms. The van der Waals surface area contributed by atoms with Crippen molar-refractivity contribution in [3.63, 3.8) is 0 Å². The first-order valence-electron chi connectivity index (χ1n) is 9.26. The van der Waals surface area contributed by atoms with Crippen molar-refractivity contribution in [3.05, 3.63) is 48.5 Å².